The molecule has 2 aromatic heterocycles. The molecule has 0 radical (unpaired) electrons. The van der Waals surface area contributed by atoms with Crippen LogP contribution in [-0.2, 0) is 6.54 Å². The van der Waals surface area contributed by atoms with Crippen molar-refractivity contribution in [2.24, 2.45) is 0 Å². The van der Waals surface area contributed by atoms with Gasteiger partial charge in [-0.05, 0) is 6.92 Å². The maximum absolute atomic E-state index is 5.12. The summed E-state index contributed by atoms with van der Waals surface area (Å²) in [4.78, 5) is 12.4. The molecule has 0 saturated carbocycles. The smallest absolute Gasteiger partial charge is 0.221 e. The summed E-state index contributed by atoms with van der Waals surface area (Å²) >= 11 is 1.61. The number of nitrogens with zero attached hydrogens (tertiary/aromatic N) is 3. The summed E-state index contributed by atoms with van der Waals surface area (Å²) in [5, 5.41) is 6.18. The first-order chi connectivity index (χ1) is 7.81. The van der Waals surface area contributed by atoms with Crippen LogP contribution in [0, 0.1) is 6.92 Å². The lowest BCUT2D eigenvalue weighted by Gasteiger charge is -2.08. The molecular weight excluding hydrogens is 224 g/mol. The molecule has 0 spiro atoms. The molecule has 0 bridgehead atoms. The third-order valence-electron chi connectivity index (χ3n) is 2.12. The van der Waals surface area contributed by atoms with Gasteiger partial charge >= 0.3 is 0 Å². The van der Waals surface area contributed by atoms with E-state index in [0.717, 1.165) is 16.4 Å². The van der Waals surface area contributed by atoms with Crippen molar-refractivity contribution in [3.63, 3.8) is 0 Å². The van der Waals surface area contributed by atoms with Gasteiger partial charge in [-0.1, -0.05) is 0 Å². The van der Waals surface area contributed by atoms with Crippen LogP contribution in [0.3, 0.4) is 0 Å². The first-order valence-corrected chi connectivity index (χ1v) is 5.67. The van der Waals surface area contributed by atoms with E-state index in [1.807, 2.05) is 12.3 Å². The molecular formula is C10H12N4OS. The zero-order chi connectivity index (χ0) is 11.4. The number of rotatable bonds is 4. The molecule has 0 atom stereocenters. The summed E-state index contributed by atoms with van der Waals surface area (Å²) in [5.41, 5.74) is 0.904. The maximum atomic E-state index is 5.12. The number of methoxy groups -OCH3 is 1. The number of nitrogens with one attached hydrogen (secondary N) is 1. The van der Waals surface area contributed by atoms with Gasteiger partial charge in [-0.25, -0.2) is 15.0 Å². The number of hydrogen-bond donors (Lipinski definition) is 1. The Morgan fingerprint density at radius 2 is 2.25 bits per heavy atom. The largest absolute Gasteiger partial charge is 0.481 e. The van der Waals surface area contributed by atoms with E-state index in [9.17, 15) is 0 Å². The Labute approximate surface area is 97.5 Å². The summed E-state index contributed by atoms with van der Waals surface area (Å²) in [6.07, 6.45) is 3.27. The van der Waals surface area contributed by atoms with Crippen LogP contribution >= 0.6 is 11.3 Å². The topological polar surface area (TPSA) is 59.9 Å². The lowest BCUT2D eigenvalue weighted by atomic mass is 10.3. The van der Waals surface area contributed by atoms with E-state index < -0.39 is 0 Å². The van der Waals surface area contributed by atoms with Crippen molar-refractivity contribution < 1.29 is 4.74 Å². The van der Waals surface area contributed by atoms with E-state index in [1.165, 1.54) is 6.33 Å². The average Bonchev–Trinajstić information content (AvgIpc) is 2.81. The fourth-order valence-electron chi connectivity index (χ4n) is 1.32. The molecule has 0 unspecified atom stereocenters. The molecule has 0 aliphatic heterocycles. The fourth-order valence-corrected chi connectivity index (χ4v) is 1.87. The summed E-state index contributed by atoms with van der Waals surface area (Å²) in [5.74, 6) is 1.37. The van der Waals surface area contributed by atoms with E-state index >= 15 is 0 Å². The molecule has 2 rings (SSSR count). The first-order valence-electron chi connectivity index (χ1n) is 4.79. The third kappa shape index (κ3) is 2.27. The van der Waals surface area contributed by atoms with Gasteiger partial charge in [-0.15, -0.1) is 11.3 Å². The second kappa shape index (κ2) is 4.89. The van der Waals surface area contributed by atoms with Crippen LogP contribution in [0.25, 0.3) is 0 Å². The summed E-state index contributed by atoms with van der Waals surface area (Å²) < 4.78 is 5.12. The van der Waals surface area contributed by atoms with Crippen LogP contribution in [0.15, 0.2) is 17.9 Å². The fraction of sp³-hybridized carbons (Fsp3) is 0.300. The number of hydrogen-bond acceptors (Lipinski definition) is 6. The number of thiazole rings is 1. The van der Waals surface area contributed by atoms with E-state index in [1.54, 1.807) is 24.6 Å². The van der Waals surface area contributed by atoms with Crippen LogP contribution < -0.4 is 10.1 Å². The predicted molar refractivity (Wildman–Crippen MR) is 62.8 cm³/mol. The van der Waals surface area contributed by atoms with Gasteiger partial charge in [-0.3, -0.25) is 0 Å². The predicted octanol–water partition coefficient (Wildman–Crippen LogP) is 1.86. The minimum Gasteiger partial charge on any atom is -0.481 e. The van der Waals surface area contributed by atoms with Gasteiger partial charge < -0.3 is 10.1 Å². The monoisotopic (exact) mass is 236 g/mol. The third-order valence-corrected chi connectivity index (χ3v) is 2.90. The van der Waals surface area contributed by atoms with Gasteiger partial charge in [0, 0.05) is 11.6 Å². The van der Waals surface area contributed by atoms with Crippen LogP contribution in [0.4, 0.5) is 5.82 Å². The Hall–Kier alpha value is -1.69. The second-order valence-electron chi connectivity index (χ2n) is 3.14. The lowest BCUT2D eigenvalue weighted by Crippen LogP contribution is -2.04. The highest BCUT2D eigenvalue weighted by atomic mass is 32.1. The normalized spacial score (nSPS) is 10.1. The highest BCUT2D eigenvalue weighted by Gasteiger charge is 2.06. The molecule has 0 fully saturated rings. The molecule has 0 aliphatic carbocycles. The standard InChI is InChI=1S/C10H12N4OS/c1-7-9(13-6-14-10(7)15-2)12-5-8-11-3-4-16-8/h3-4,6H,5H2,1-2H3,(H,12,13,14). The number of aromatic nitrogens is 3. The van der Waals surface area contributed by atoms with Gasteiger partial charge in [0.1, 0.15) is 17.2 Å². The maximum Gasteiger partial charge on any atom is 0.221 e. The van der Waals surface area contributed by atoms with E-state index in [2.05, 4.69) is 20.3 Å². The molecule has 0 aromatic carbocycles. The van der Waals surface area contributed by atoms with Gasteiger partial charge in [0.2, 0.25) is 5.88 Å². The summed E-state index contributed by atoms with van der Waals surface area (Å²) in [6, 6.07) is 0. The Morgan fingerprint density at radius 3 is 2.94 bits per heavy atom. The minimum absolute atomic E-state index is 0.594. The van der Waals surface area contributed by atoms with Gasteiger partial charge in [0.25, 0.3) is 0 Å². The van der Waals surface area contributed by atoms with Crippen LogP contribution in [0.2, 0.25) is 0 Å². The molecule has 2 heterocycles. The first kappa shape index (κ1) is 10.8. The number of ether oxygens (including phenoxy) is 1. The van der Waals surface area contributed by atoms with Crippen molar-refractivity contribution in [2.45, 2.75) is 13.5 Å². The van der Waals surface area contributed by atoms with Crippen molar-refractivity contribution in [2.75, 3.05) is 12.4 Å². The van der Waals surface area contributed by atoms with Gasteiger partial charge in [0.05, 0.1) is 19.2 Å². The second-order valence-corrected chi connectivity index (χ2v) is 4.12. The molecule has 1 N–H and O–H groups in total. The Balaban J connectivity index is 2.09. The molecule has 0 saturated heterocycles. The Morgan fingerprint density at radius 1 is 1.38 bits per heavy atom. The van der Waals surface area contributed by atoms with E-state index in [4.69, 9.17) is 4.74 Å². The highest BCUT2D eigenvalue weighted by molar-refractivity contribution is 7.09. The van der Waals surface area contributed by atoms with Crippen LogP contribution in [-0.4, -0.2) is 22.1 Å². The molecule has 0 amide bonds. The molecule has 0 aliphatic rings. The Bertz CT molecular complexity index is 458. The van der Waals surface area contributed by atoms with Gasteiger partial charge in [-0.2, -0.15) is 0 Å². The quantitative estimate of drug-likeness (QED) is 0.878. The molecule has 6 heteroatoms. The summed E-state index contributed by atoms with van der Waals surface area (Å²) in [7, 11) is 1.60. The van der Waals surface area contributed by atoms with E-state index in [-0.39, 0.29) is 0 Å². The lowest BCUT2D eigenvalue weighted by molar-refractivity contribution is 0.393. The van der Waals surface area contributed by atoms with Crippen molar-refractivity contribution in [3.05, 3.63) is 28.5 Å². The minimum atomic E-state index is 0.594. The summed E-state index contributed by atoms with van der Waals surface area (Å²) in [6.45, 7) is 2.59. The zero-order valence-corrected chi connectivity index (χ0v) is 9.91. The molecule has 16 heavy (non-hydrogen) atoms. The van der Waals surface area contributed by atoms with Crippen LogP contribution in [0.1, 0.15) is 10.6 Å². The Kier molecular flexibility index (Phi) is 3.31. The van der Waals surface area contributed by atoms with Crippen molar-refractivity contribution in [3.8, 4) is 5.88 Å². The van der Waals surface area contributed by atoms with Crippen molar-refractivity contribution in [1.29, 1.82) is 0 Å². The molecule has 5 nitrogen and oxygen atoms in total. The van der Waals surface area contributed by atoms with Crippen molar-refractivity contribution in [1.82, 2.24) is 15.0 Å². The molecule has 2 aromatic rings. The SMILES string of the molecule is COc1ncnc(NCc2nccs2)c1C. The van der Waals surface area contributed by atoms with Crippen LogP contribution in [0.5, 0.6) is 5.88 Å². The number of anilines is 1. The van der Waals surface area contributed by atoms with Crippen molar-refractivity contribution >= 4 is 17.2 Å². The molecule has 84 valence electrons. The van der Waals surface area contributed by atoms with Gasteiger partial charge in [0.15, 0.2) is 0 Å². The average molecular weight is 236 g/mol. The highest BCUT2D eigenvalue weighted by Crippen LogP contribution is 2.20. The van der Waals surface area contributed by atoms with E-state index in [0.29, 0.717) is 12.4 Å². The zero-order valence-electron chi connectivity index (χ0n) is 9.10.